The van der Waals surface area contributed by atoms with Crippen molar-refractivity contribution in [3.63, 3.8) is 0 Å². The molecule has 1 aromatic carbocycles. The Morgan fingerprint density at radius 3 is 2.40 bits per heavy atom. The van der Waals surface area contributed by atoms with E-state index < -0.39 is 22.0 Å². The van der Waals surface area contributed by atoms with Crippen LogP contribution in [0, 0.1) is 0 Å². The van der Waals surface area contributed by atoms with Crippen molar-refractivity contribution in [2.75, 3.05) is 13.7 Å². The predicted molar refractivity (Wildman–Crippen MR) is 74.7 cm³/mol. The highest BCUT2D eigenvalue weighted by molar-refractivity contribution is 7.88. The number of nitrogens with one attached hydrogen (secondary N) is 1. The second-order valence-electron chi connectivity index (χ2n) is 4.35. The zero-order valence-corrected chi connectivity index (χ0v) is 12.3. The first-order valence-corrected chi connectivity index (χ1v) is 7.85. The van der Waals surface area contributed by atoms with E-state index in [1.165, 1.54) is 19.2 Å². The van der Waals surface area contributed by atoms with Crippen LogP contribution >= 0.6 is 0 Å². The van der Waals surface area contributed by atoms with Crippen LogP contribution in [-0.2, 0) is 20.5 Å². The van der Waals surface area contributed by atoms with Gasteiger partial charge in [0.25, 0.3) is 0 Å². The minimum absolute atomic E-state index is 0.203. The van der Waals surface area contributed by atoms with Gasteiger partial charge >= 0.3 is 5.97 Å². The van der Waals surface area contributed by atoms with Gasteiger partial charge in [0.15, 0.2) is 0 Å². The Morgan fingerprint density at radius 1 is 1.35 bits per heavy atom. The number of hydrogen-bond acceptors (Lipinski definition) is 5. The fraction of sp³-hybridized carbons (Fsp3) is 0.462. The van der Waals surface area contributed by atoms with E-state index in [2.05, 4.69) is 9.46 Å². The number of methoxy groups -OCH3 is 1. The normalized spacial score (nSPS) is 12.9. The fourth-order valence-corrected chi connectivity index (χ4v) is 3.08. The Labute approximate surface area is 118 Å². The summed E-state index contributed by atoms with van der Waals surface area (Å²) in [5.41, 5.74) is 0.918. The minimum Gasteiger partial charge on any atom is -0.465 e. The number of carbonyl (C=O) groups is 1. The van der Waals surface area contributed by atoms with Crippen LogP contribution in [-0.4, -0.2) is 39.3 Å². The molecule has 0 radical (unpaired) electrons. The summed E-state index contributed by atoms with van der Waals surface area (Å²) in [7, 11) is -2.24. The topological polar surface area (TPSA) is 92.7 Å². The van der Waals surface area contributed by atoms with Crippen LogP contribution in [0.3, 0.4) is 0 Å². The van der Waals surface area contributed by atoms with Gasteiger partial charge < -0.3 is 9.84 Å². The minimum atomic E-state index is -3.52. The number of benzene rings is 1. The van der Waals surface area contributed by atoms with Crippen LogP contribution in [0.15, 0.2) is 24.3 Å². The average molecular weight is 301 g/mol. The second-order valence-corrected chi connectivity index (χ2v) is 6.11. The van der Waals surface area contributed by atoms with Crippen molar-refractivity contribution in [2.45, 2.75) is 25.1 Å². The molecule has 112 valence electrons. The summed E-state index contributed by atoms with van der Waals surface area (Å²) < 4.78 is 30.8. The first-order valence-electron chi connectivity index (χ1n) is 6.20. The first-order chi connectivity index (χ1) is 9.41. The van der Waals surface area contributed by atoms with Crippen molar-refractivity contribution in [1.29, 1.82) is 0 Å². The Morgan fingerprint density at radius 2 is 1.95 bits per heavy atom. The van der Waals surface area contributed by atoms with Gasteiger partial charge in [-0.25, -0.2) is 17.9 Å². The van der Waals surface area contributed by atoms with Gasteiger partial charge in [-0.05, 0) is 24.1 Å². The molecule has 20 heavy (non-hydrogen) atoms. The lowest BCUT2D eigenvalue weighted by molar-refractivity contribution is 0.0600. The lowest BCUT2D eigenvalue weighted by Crippen LogP contribution is -2.37. The largest absolute Gasteiger partial charge is 0.465 e. The van der Waals surface area contributed by atoms with E-state index >= 15 is 0 Å². The number of carbonyl (C=O) groups excluding carboxylic acids is 1. The summed E-state index contributed by atoms with van der Waals surface area (Å²) in [5, 5.41) is 9.00. The van der Waals surface area contributed by atoms with E-state index in [9.17, 15) is 13.2 Å². The lowest BCUT2D eigenvalue weighted by atomic mass is 10.1. The second kappa shape index (κ2) is 7.37. The van der Waals surface area contributed by atoms with Gasteiger partial charge in [0.1, 0.15) is 0 Å². The Balaban J connectivity index is 2.75. The molecule has 0 aliphatic rings. The molecule has 0 saturated carbocycles. The van der Waals surface area contributed by atoms with Gasteiger partial charge in [-0.15, -0.1) is 0 Å². The van der Waals surface area contributed by atoms with Crippen LogP contribution in [0.5, 0.6) is 0 Å². The summed E-state index contributed by atoms with van der Waals surface area (Å²) in [4.78, 5) is 11.3. The van der Waals surface area contributed by atoms with Crippen LogP contribution in [0.2, 0.25) is 0 Å². The smallest absolute Gasteiger partial charge is 0.337 e. The Hall–Kier alpha value is -1.44. The summed E-state index contributed by atoms with van der Waals surface area (Å²) in [6, 6.07) is 5.67. The van der Waals surface area contributed by atoms with Gasteiger partial charge in [-0.2, -0.15) is 0 Å². The molecular weight excluding hydrogens is 282 g/mol. The standard InChI is InChI=1S/C13H19NO5S/c1-3-12(8-15)14-20(17,18)9-10-4-6-11(7-5-10)13(16)19-2/h4-7,12,14-15H,3,8-9H2,1-2H3/t12-/m0/s1. The molecule has 0 spiro atoms. The van der Waals surface area contributed by atoms with Gasteiger partial charge in [0.05, 0.1) is 25.0 Å². The maximum Gasteiger partial charge on any atom is 0.337 e. The van der Waals surface area contributed by atoms with Crippen LogP contribution in [0.25, 0.3) is 0 Å². The van der Waals surface area contributed by atoms with E-state index in [1.54, 1.807) is 19.1 Å². The summed E-state index contributed by atoms with van der Waals surface area (Å²) in [6.07, 6.45) is 0.511. The van der Waals surface area contributed by atoms with E-state index in [0.717, 1.165) is 0 Å². The number of sulfonamides is 1. The third-order valence-corrected chi connectivity index (χ3v) is 4.20. The highest BCUT2D eigenvalue weighted by Gasteiger charge is 2.17. The number of aliphatic hydroxyl groups is 1. The molecule has 0 aromatic heterocycles. The number of esters is 1. The summed E-state index contributed by atoms with van der Waals surface area (Å²) in [6.45, 7) is 1.55. The zero-order valence-electron chi connectivity index (χ0n) is 11.5. The van der Waals surface area contributed by atoms with Crippen LogP contribution in [0.4, 0.5) is 0 Å². The van der Waals surface area contributed by atoms with E-state index in [4.69, 9.17) is 5.11 Å². The lowest BCUT2D eigenvalue weighted by Gasteiger charge is -2.14. The van der Waals surface area contributed by atoms with Gasteiger partial charge in [-0.1, -0.05) is 19.1 Å². The predicted octanol–water partition coefficient (Wildman–Crippen LogP) is 0.663. The molecule has 1 atom stereocenters. The molecule has 7 heteroatoms. The summed E-state index contributed by atoms with van der Waals surface area (Å²) in [5.74, 6) is -0.672. The molecule has 1 aromatic rings. The molecule has 0 aliphatic carbocycles. The number of ether oxygens (including phenoxy) is 1. The van der Waals surface area contributed by atoms with Crippen molar-refractivity contribution >= 4 is 16.0 Å². The van der Waals surface area contributed by atoms with Gasteiger partial charge in [0.2, 0.25) is 10.0 Å². The molecule has 0 fully saturated rings. The highest BCUT2D eigenvalue weighted by Crippen LogP contribution is 2.09. The average Bonchev–Trinajstić information content (AvgIpc) is 2.44. The number of rotatable bonds is 7. The molecule has 0 saturated heterocycles. The maximum absolute atomic E-state index is 11.9. The van der Waals surface area contributed by atoms with Crippen molar-refractivity contribution < 1.29 is 23.1 Å². The van der Waals surface area contributed by atoms with Crippen molar-refractivity contribution in [2.24, 2.45) is 0 Å². The Kier molecular flexibility index (Phi) is 6.12. The molecule has 1 rings (SSSR count). The zero-order chi connectivity index (χ0) is 15.2. The molecular formula is C13H19NO5S. The number of hydrogen-bond donors (Lipinski definition) is 2. The third-order valence-electron chi connectivity index (χ3n) is 2.79. The van der Waals surface area contributed by atoms with Crippen molar-refractivity contribution in [3.8, 4) is 0 Å². The highest BCUT2D eigenvalue weighted by atomic mass is 32.2. The third kappa shape index (κ3) is 4.92. The first kappa shape index (κ1) is 16.6. The van der Waals surface area contributed by atoms with E-state index in [-0.39, 0.29) is 12.4 Å². The Bertz CT molecular complexity index is 534. The molecule has 0 unspecified atom stereocenters. The SMILES string of the molecule is CC[C@@H](CO)NS(=O)(=O)Cc1ccc(C(=O)OC)cc1. The molecule has 0 amide bonds. The van der Waals surface area contributed by atoms with Crippen LogP contribution < -0.4 is 4.72 Å². The van der Waals surface area contributed by atoms with E-state index in [0.29, 0.717) is 17.5 Å². The fourth-order valence-electron chi connectivity index (χ4n) is 1.62. The monoisotopic (exact) mass is 301 g/mol. The maximum atomic E-state index is 11.9. The quantitative estimate of drug-likeness (QED) is 0.722. The molecule has 0 bridgehead atoms. The van der Waals surface area contributed by atoms with E-state index in [1.807, 2.05) is 0 Å². The molecule has 0 heterocycles. The van der Waals surface area contributed by atoms with Crippen LogP contribution in [0.1, 0.15) is 29.3 Å². The number of aliphatic hydroxyl groups excluding tert-OH is 1. The van der Waals surface area contributed by atoms with Crippen molar-refractivity contribution in [3.05, 3.63) is 35.4 Å². The molecule has 2 N–H and O–H groups in total. The summed E-state index contributed by atoms with van der Waals surface area (Å²) >= 11 is 0. The van der Waals surface area contributed by atoms with Gasteiger partial charge in [-0.3, -0.25) is 0 Å². The molecule has 6 nitrogen and oxygen atoms in total. The van der Waals surface area contributed by atoms with Crippen molar-refractivity contribution in [1.82, 2.24) is 4.72 Å². The van der Waals surface area contributed by atoms with Gasteiger partial charge in [0, 0.05) is 6.04 Å². The molecule has 0 aliphatic heterocycles.